The first-order chi connectivity index (χ1) is 21.3. The molecule has 1 amide bonds. The van der Waals surface area contributed by atoms with E-state index in [1.807, 2.05) is 85.4 Å². The van der Waals surface area contributed by atoms with Crippen LogP contribution < -0.4 is 14.4 Å². The highest BCUT2D eigenvalue weighted by atomic mass is 16.5. The summed E-state index contributed by atoms with van der Waals surface area (Å²) in [6.07, 6.45) is 5.36. The zero-order valence-electron chi connectivity index (χ0n) is 26.2. The summed E-state index contributed by atoms with van der Waals surface area (Å²) >= 11 is 0. The Hall–Kier alpha value is -4.42. The van der Waals surface area contributed by atoms with Gasteiger partial charge < -0.3 is 19.3 Å². The van der Waals surface area contributed by atoms with Crippen molar-refractivity contribution in [3.63, 3.8) is 0 Å². The van der Waals surface area contributed by atoms with Gasteiger partial charge in [0, 0.05) is 83.2 Å². The lowest BCUT2D eigenvalue weighted by Crippen LogP contribution is -2.42. The van der Waals surface area contributed by atoms with Crippen LogP contribution in [0.5, 0.6) is 11.5 Å². The fourth-order valence-corrected chi connectivity index (χ4v) is 5.82. The van der Waals surface area contributed by atoms with Crippen molar-refractivity contribution in [2.75, 3.05) is 52.3 Å². The van der Waals surface area contributed by atoms with Gasteiger partial charge in [0.1, 0.15) is 23.3 Å². The average Bonchev–Trinajstić information content (AvgIpc) is 3.06. The summed E-state index contributed by atoms with van der Waals surface area (Å²) in [7, 11) is 5.63. The number of nitrogens with zero attached hydrogens (tertiary/aromatic N) is 6. The molecule has 0 atom stereocenters. The Balaban J connectivity index is 1.09. The van der Waals surface area contributed by atoms with Gasteiger partial charge in [0.2, 0.25) is 0 Å². The van der Waals surface area contributed by atoms with E-state index in [1.54, 1.807) is 13.3 Å². The van der Waals surface area contributed by atoms with Crippen LogP contribution in [0.15, 0.2) is 65.8 Å². The van der Waals surface area contributed by atoms with Gasteiger partial charge in [0.15, 0.2) is 0 Å². The standard InChI is InChI=1S/C35H42N6O3/c1-25(38-29-13-17-40(18-14-29)24-27-7-5-26(22-36)6-8-27)28-9-11-32(37-23-28)35(42)41-19-15-30(16-20-41)44-34-12-10-31(43-4)21-33(34)39(2)3/h5-12,21,23,29-30H,13-20,24H2,1-4H3. The molecule has 3 aromatic rings. The molecular formula is C35H42N6O3. The molecular weight excluding hydrogens is 552 g/mol. The van der Waals surface area contributed by atoms with Crippen molar-refractivity contribution in [3.05, 3.63) is 83.2 Å². The summed E-state index contributed by atoms with van der Waals surface area (Å²) in [5.74, 6) is 1.57. The predicted octanol–water partition coefficient (Wildman–Crippen LogP) is 5.19. The maximum absolute atomic E-state index is 13.2. The van der Waals surface area contributed by atoms with Crippen LogP contribution in [0.4, 0.5) is 5.69 Å². The van der Waals surface area contributed by atoms with Gasteiger partial charge in [-0.2, -0.15) is 5.26 Å². The number of piperidine rings is 2. The van der Waals surface area contributed by atoms with Crippen molar-refractivity contribution < 1.29 is 14.3 Å². The molecule has 0 bridgehead atoms. The van der Waals surface area contributed by atoms with Gasteiger partial charge in [-0.1, -0.05) is 12.1 Å². The maximum Gasteiger partial charge on any atom is 0.272 e. The molecule has 9 heteroatoms. The fourth-order valence-electron chi connectivity index (χ4n) is 5.82. The van der Waals surface area contributed by atoms with Crippen LogP contribution >= 0.6 is 0 Å². The number of hydrogen-bond donors (Lipinski definition) is 0. The van der Waals surface area contributed by atoms with Crippen LogP contribution in [0.25, 0.3) is 0 Å². The molecule has 3 heterocycles. The Morgan fingerprint density at radius 2 is 1.75 bits per heavy atom. The molecule has 5 rings (SSSR count). The number of ether oxygens (including phenoxy) is 2. The van der Waals surface area contributed by atoms with Gasteiger partial charge in [-0.05, 0) is 61.7 Å². The number of aliphatic imine (C=N–C) groups is 1. The Kier molecular flexibility index (Phi) is 10.1. The highest BCUT2D eigenvalue weighted by Crippen LogP contribution is 2.33. The highest BCUT2D eigenvalue weighted by molar-refractivity contribution is 5.99. The summed E-state index contributed by atoms with van der Waals surface area (Å²) in [6.45, 7) is 6.16. The van der Waals surface area contributed by atoms with Gasteiger partial charge in [-0.3, -0.25) is 19.7 Å². The van der Waals surface area contributed by atoms with Gasteiger partial charge in [0.25, 0.3) is 5.91 Å². The second-order valence-corrected chi connectivity index (χ2v) is 11.8. The number of aromatic nitrogens is 1. The molecule has 2 fully saturated rings. The van der Waals surface area contributed by atoms with Crippen molar-refractivity contribution in [3.8, 4) is 17.6 Å². The molecule has 230 valence electrons. The lowest BCUT2D eigenvalue weighted by molar-refractivity contribution is 0.0591. The summed E-state index contributed by atoms with van der Waals surface area (Å²) in [4.78, 5) is 29.1. The van der Waals surface area contributed by atoms with E-state index in [-0.39, 0.29) is 18.1 Å². The Morgan fingerprint density at radius 3 is 2.36 bits per heavy atom. The number of amides is 1. The van der Waals surface area contributed by atoms with Crippen molar-refractivity contribution >= 4 is 17.3 Å². The topological polar surface area (TPSA) is 94.3 Å². The van der Waals surface area contributed by atoms with Crippen molar-refractivity contribution in [2.45, 2.75) is 51.3 Å². The average molecular weight is 595 g/mol. The van der Waals surface area contributed by atoms with Crippen molar-refractivity contribution in [1.29, 1.82) is 5.26 Å². The van der Waals surface area contributed by atoms with Crippen LogP contribution in [0.2, 0.25) is 0 Å². The Labute approximate surface area is 260 Å². The van der Waals surface area contributed by atoms with Crippen LogP contribution in [0.3, 0.4) is 0 Å². The monoisotopic (exact) mass is 594 g/mol. The van der Waals surface area contributed by atoms with E-state index in [0.717, 1.165) is 73.8 Å². The van der Waals surface area contributed by atoms with E-state index >= 15 is 0 Å². The number of methoxy groups -OCH3 is 1. The minimum atomic E-state index is -0.0438. The molecule has 0 spiro atoms. The molecule has 2 aliphatic heterocycles. The number of rotatable bonds is 9. The molecule has 9 nitrogen and oxygen atoms in total. The van der Waals surface area contributed by atoms with E-state index in [1.165, 1.54) is 5.56 Å². The molecule has 0 N–H and O–H groups in total. The fraction of sp³-hybridized carbons (Fsp3) is 0.429. The molecule has 1 aromatic heterocycles. The molecule has 2 aromatic carbocycles. The minimum absolute atomic E-state index is 0.0438. The van der Waals surface area contributed by atoms with Gasteiger partial charge in [0.05, 0.1) is 30.5 Å². The van der Waals surface area contributed by atoms with Crippen LogP contribution in [0.1, 0.15) is 59.8 Å². The third-order valence-electron chi connectivity index (χ3n) is 8.49. The summed E-state index contributed by atoms with van der Waals surface area (Å²) in [5, 5.41) is 9.00. The lowest BCUT2D eigenvalue weighted by Gasteiger charge is -2.33. The number of pyridine rings is 1. The number of nitriles is 1. The van der Waals surface area contributed by atoms with E-state index in [0.29, 0.717) is 24.3 Å². The zero-order chi connectivity index (χ0) is 31.1. The van der Waals surface area contributed by atoms with Gasteiger partial charge in [-0.15, -0.1) is 0 Å². The number of carbonyl (C=O) groups is 1. The van der Waals surface area contributed by atoms with Crippen molar-refractivity contribution in [2.24, 2.45) is 4.99 Å². The number of carbonyl (C=O) groups excluding carboxylic acids is 1. The first-order valence-electron chi connectivity index (χ1n) is 15.4. The zero-order valence-corrected chi connectivity index (χ0v) is 26.2. The van der Waals surface area contributed by atoms with E-state index in [2.05, 4.69) is 16.0 Å². The quantitative estimate of drug-likeness (QED) is 0.315. The second-order valence-electron chi connectivity index (χ2n) is 11.8. The third kappa shape index (κ3) is 7.74. The molecule has 2 saturated heterocycles. The van der Waals surface area contributed by atoms with Gasteiger partial charge >= 0.3 is 0 Å². The summed E-state index contributed by atoms with van der Waals surface area (Å²) in [5.41, 5.74) is 5.26. The van der Waals surface area contributed by atoms with Crippen LogP contribution in [0, 0.1) is 11.3 Å². The molecule has 0 aliphatic carbocycles. The molecule has 44 heavy (non-hydrogen) atoms. The lowest BCUT2D eigenvalue weighted by atomic mass is 10.0. The van der Waals surface area contributed by atoms with Gasteiger partial charge in [-0.25, -0.2) is 0 Å². The Bertz CT molecular complexity index is 1480. The summed E-state index contributed by atoms with van der Waals surface area (Å²) in [6, 6.07) is 19.9. The number of likely N-dealkylation sites (tertiary alicyclic amines) is 2. The van der Waals surface area contributed by atoms with Crippen LogP contribution in [-0.4, -0.2) is 85.9 Å². The second kappa shape index (κ2) is 14.4. The van der Waals surface area contributed by atoms with E-state index in [4.69, 9.17) is 19.7 Å². The first-order valence-corrected chi connectivity index (χ1v) is 15.4. The predicted molar refractivity (Wildman–Crippen MR) is 173 cm³/mol. The normalized spacial score (nSPS) is 16.8. The smallest absolute Gasteiger partial charge is 0.272 e. The molecule has 0 saturated carbocycles. The molecule has 2 aliphatic rings. The van der Waals surface area contributed by atoms with E-state index < -0.39 is 0 Å². The minimum Gasteiger partial charge on any atom is -0.497 e. The highest BCUT2D eigenvalue weighted by Gasteiger charge is 2.26. The van der Waals surface area contributed by atoms with E-state index in [9.17, 15) is 4.79 Å². The molecule has 0 radical (unpaired) electrons. The Morgan fingerprint density at radius 1 is 1.02 bits per heavy atom. The summed E-state index contributed by atoms with van der Waals surface area (Å²) < 4.78 is 11.7. The largest absolute Gasteiger partial charge is 0.497 e. The van der Waals surface area contributed by atoms with Crippen molar-refractivity contribution in [1.82, 2.24) is 14.8 Å². The molecule has 0 unspecified atom stereocenters. The first kappa shape index (κ1) is 31.0. The number of anilines is 1. The SMILES string of the molecule is COc1ccc(OC2CCN(C(=O)c3ccc(C(C)=NC4CCN(Cc5ccc(C#N)cc5)CC4)cn3)CC2)c(N(C)C)c1. The maximum atomic E-state index is 13.2. The third-order valence-corrected chi connectivity index (χ3v) is 8.49. The number of benzene rings is 2. The number of hydrogen-bond acceptors (Lipinski definition) is 8. The van der Waals surface area contributed by atoms with Crippen LogP contribution in [-0.2, 0) is 6.54 Å².